The summed E-state index contributed by atoms with van der Waals surface area (Å²) < 4.78 is 34.5. The smallest absolute Gasteiger partial charge is 0.328 e. The van der Waals surface area contributed by atoms with E-state index in [4.69, 9.17) is 28.4 Å². The van der Waals surface area contributed by atoms with Crippen molar-refractivity contribution < 1.29 is 38.0 Å². The lowest BCUT2D eigenvalue weighted by atomic mass is 10.2. The Bertz CT molecular complexity index is 1170. The van der Waals surface area contributed by atoms with E-state index in [-0.39, 0.29) is 18.8 Å². The Labute approximate surface area is 219 Å². The van der Waals surface area contributed by atoms with E-state index in [2.05, 4.69) is 15.6 Å². The molecule has 1 aliphatic rings. The molecule has 2 aromatic carbocycles. The van der Waals surface area contributed by atoms with Crippen molar-refractivity contribution >= 4 is 17.6 Å². The molecule has 0 atom stereocenters. The highest BCUT2D eigenvalue weighted by Crippen LogP contribution is 2.31. The van der Waals surface area contributed by atoms with Crippen LogP contribution in [-0.4, -0.2) is 79.7 Å². The summed E-state index contributed by atoms with van der Waals surface area (Å²) in [6.45, 7) is 3.26. The van der Waals surface area contributed by atoms with Crippen LogP contribution in [0.3, 0.4) is 0 Å². The Kier molecular flexibility index (Phi) is 10.4. The van der Waals surface area contributed by atoms with E-state index in [1.807, 2.05) is 30.3 Å². The third kappa shape index (κ3) is 8.83. The molecule has 0 aliphatic carbocycles. The van der Waals surface area contributed by atoms with Crippen LogP contribution in [0.1, 0.15) is 16.1 Å². The fourth-order valence-corrected chi connectivity index (χ4v) is 3.37. The molecule has 0 saturated heterocycles. The van der Waals surface area contributed by atoms with E-state index >= 15 is 0 Å². The second-order valence-corrected chi connectivity index (χ2v) is 8.10. The first kappa shape index (κ1) is 27.0. The van der Waals surface area contributed by atoms with Crippen LogP contribution >= 0.6 is 0 Å². The lowest BCUT2D eigenvalue weighted by Crippen LogP contribution is -2.15. The van der Waals surface area contributed by atoms with Crippen LogP contribution in [0.25, 0.3) is 0 Å². The molecule has 0 unspecified atom stereocenters. The van der Waals surface area contributed by atoms with Crippen molar-refractivity contribution in [1.82, 2.24) is 15.0 Å². The Hall–Kier alpha value is -4.00. The summed E-state index contributed by atoms with van der Waals surface area (Å²) >= 11 is 0. The third-order valence-corrected chi connectivity index (χ3v) is 5.22. The predicted molar refractivity (Wildman–Crippen MR) is 134 cm³/mol. The van der Waals surface area contributed by atoms with Gasteiger partial charge in [-0.3, -0.25) is 9.59 Å². The van der Waals surface area contributed by atoms with Gasteiger partial charge in [-0.05, 0) is 17.7 Å². The Balaban J connectivity index is 1.32. The number of amides is 1. The second-order valence-electron chi connectivity index (χ2n) is 8.10. The predicted octanol–water partition coefficient (Wildman–Crippen LogP) is 2.09. The van der Waals surface area contributed by atoms with E-state index in [0.717, 1.165) is 5.56 Å². The maximum atomic E-state index is 12.7. The zero-order chi connectivity index (χ0) is 26.4. The van der Waals surface area contributed by atoms with Gasteiger partial charge in [0.25, 0.3) is 5.91 Å². The Morgan fingerprint density at radius 3 is 2.21 bits per heavy atom. The zero-order valence-corrected chi connectivity index (χ0v) is 20.9. The zero-order valence-electron chi connectivity index (χ0n) is 20.9. The van der Waals surface area contributed by atoms with Gasteiger partial charge in [0.2, 0.25) is 0 Å². The SMILES string of the molecule is O=C(Cn1cc(C(=O)Nc2ccc3c(c2)OCCOCCOCCOCCO3)nn1)OCc1ccccc1. The van der Waals surface area contributed by atoms with Gasteiger partial charge >= 0.3 is 5.97 Å². The monoisotopic (exact) mass is 526 g/mol. The standard InChI is InChI=1S/C26H30N4O8/c31-25(38-19-20-4-2-1-3-5-20)18-30-17-22(28-29-30)26(32)27-21-6-7-23-24(16-21)37-15-13-35-11-9-33-8-10-34-12-14-36-23/h1-7,16-17H,8-15,18-19H2,(H,27,32). The van der Waals surface area contributed by atoms with Crippen LogP contribution in [-0.2, 0) is 36.9 Å². The number of carbonyl (C=O) groups is 2. The largest absolute Gasteiger partial charge is 0.487 e. The van der Waals surface area contributed by atoms with Crippen molar-refractivity contribution in [2.75, 3.05) is 58.2 Å². The first-order valence-corrected chi connectivity index (χ1v) is 12.2. The highest BCUT2D eigenvalue weighted by atomic mass is 16.6. The van der Waals surface area contributed by atoms with Gasteiger partial charge < -0.3 is 33.7 Å². The molecule has 1 N–H and O–H groups in total. The van der Waals surface area contributed by atoms with Gasteiger partial charge in [0.15, 0.2) is 17.2 Å². The number of ether oxygens (including phenoxy) is 6. The van der Waals surface area contributed by atoms with Crippen LogP contribution in [0.4, 0.5) is 5.69 Å². The summed E-state index contributed by atoms with van der Waals surface area (Å²) in [6, 6.07) is 14.4. The maximum absolute atomic E-state index is 12.7. The lowest BCUT2D eigenvalue weighted by Gasteiger charge is -2.14. The van der Waals surface area contributed by atoms with Crippen molar-refractivity contribution in [3.8, 4) is 11.5 Å². The van der Waals surface area contributed by atoms with E-state index < -0.39 is 11.9 Å². The summed E-state index contributed by atoms with van der Waals surface area (Å²) in [5, 5.41) is 10.5. The minimum absolute atomic E-state index is 0.0435. The van der Waals surface area contributed by atoms with Crippen LogP contribution in [0.15, 0.2) is 54.7 Å². The number of anilines is 1. The molecule has 1 amide bonds. The topological polar surface area (TPSA) is 132 Å². The van der Waals surface area contributed by atoms with Crippen LogP contribution < -0.4 is 14.8 Å². The number of hydrogen-bond acceptors (Lipinski definition) is 10. The first-order chi connectivity index (χ1) is 18.7. The number of nitrogens with zero attached hydrogens (tertiary/aromatic N) is 3. The highest BCUT2D eigenvalue weighted by molar-refractivity contribution is 6.02. The number of carbonyl (C=O) groups excluding carboxylic acids is 2. The van der Waals surface area contributed by atoms with Gasteiger partial charge in [0, 0.05) is 11.8 Å². The van der Waals surface area contributed by atoms with Crippen molar-refractivity contribution in [3.05, 3.63) is 66.0 Å². The normalized spacial score (nSPS) is 15.1. The summed E-state index contributed by atoms with van der Waals surface area (Å²) in [5.41, 5.74) is 1.39. The van der Waals surface area contributed by atoms with Crippen LogP contribution in [0, 0.1) is 0 Å². The molecule has 4 rings (SSSR count). The fraction of sp³-hybridized carbons (Fsp3) is 0.385. The molecule has 1 aliphatic heterocycles. The van der Waals surface area contributed by atoms with E-state index in [9.17, 15) is 9.59 Å². The molecule has 12 heteroatoms. The summed E-state index contributed by atoms with van der Waals surface area (Å²) in [4.78, 5) is 24.9. The van der Waals surface area contributed by atoms with Crippen LogP contribution in [0.5, 0.6) is 11.5 Å². The van der Waals surface area contributed by atoms with Gasteiger partial charge in [0.1, 0.15) is 26.4 Å². The third-order valence-electron chi connectivity index (χ3n) is 5.22. The molecule has 0 radical (unpaired) electrons. The van der Waals surface area contributed by atoms with Gasteiger partial charge in [0.05, 0.1) is 45.8 Å². The molecule has 1 aromatic heterocycles. The summed E-state index contributed by atoms with van der Waals surface area (Å²) in [6.07, 6.45) is 1.38. The van der Waals surface area contributed by atoms with Crippen LogP contribution in [0.2, 0.25) is 0 Å². The molecule has 2 heterocycles. The number of benzene rings is 2. The van der Waals surface area contributed by atoms with Gasteiger partial charge in [-0.1, -0.05) is 35.5 Å². The summed E-state index contributed by atoms with van der Waals surface area (Å²) in [5.74, 6) is -0.0322. The van der Waals surface area contributed by atoms with Gasteiger partial charge in [-0.25, -0.2) is 4.68 Å². The molecule has 0 saturated carbocycles. The van der Waals surface area contributed by atoms with Crippen molar-refractivity contribution in [2.45, 2.75) is 13.2 Å². The number of esters is 1. The van der Waals surface area contributed by atoms with E-state index in [0.29, 0.717) is 70.0 Å². The molecule has 3 aromatic rings. The number of hydrogen-bond donors (Lipinski definition) is 1. The van der Waals surface area contributed by atoms with E-state index in [1.54, 1.807) is 18.2 Å². The molecule has 38 heavy (non-hydrogen) atoms. The van der Waals surface area contributed by atoms with Crippen molar-refractivity contribution in [1.29, 1.82) is 0 Å². The molecular formula is C26H30N4O8. The number of rotatable bonds is 6. The molecule has 0 spiro atoms. The maximum Gasteiger partial charge on any atom is 0.328 e. The average molecular weight is 527 g/mol. The Morgan fingerprint density at radius 1 is 0.842 bits per heavy atom. The molecule has 0 fully saturated rings. The molecule has 202 valence electrons. The molecular weight excluding hydrogens is 496 g/mol. The average Bonchev–Trinajstić information content (AvgIpc) is 3.39. The lowest BCUT2D eigenvalue weighted by molar-refractivity contribution is -0.145. The van der Waals surface area contributed by atoms with Crippen molar-refractivity contribution in [2.24, 2.45) is 0 Å². The van der Waals surface area contributed by atoms with E-state index in [1.165, 1.54) is 10.9 Å². The molecule has 12 nitrogen and oxygen atoms in total. The minimum atomic E-state index is -0.497. The van der Waals surface area contributed by atoms with Gasteiger partial charge in [-0.2, -0.15) is 0 Å². The summed E-state index contributed by atoms with van der Waals surface area (Å²) in [7, 11) is 0. The highest BCUT2D eigenvalue weighted by Gasteiger charge is 2.15. The van der Waals surface area contributed by atoms with Gasteiger partial charge in [-0.15, -0.1) is 5.10 Å². The Morgan fingerprint density at radius 2 is 1.50 bits per heavy atom. The molecule has 0 bridgehead atoms. The minimum Gasteiger partial charge on any atom is -0.487 e. The van der Waals surface area contributed by atoms with Crippen molar-refractivity contribution in [3.63, 3.8) is 0 Å². The number of nitrogens with one attached hydrogen (secondary N) is 1. The fourth-order valence-electron chi connectivity index (χ4n) is 3.37. The second kappa shape index (κ2) is 14.7. The number of fused-ring (bicyclic) bond motifs is 1. The first-order valence-electron chi connectivity index (χ1n) is 12.2. The number of aromatic nitrogens is 3. The quantitative estimate of drug-likeness (QED) is 0.476.